The number of hydrogen-bond donors (Lipinski definition) is 0. The van der Waals surface area contributed by atoms with Crippen LogP contribution in [0.1, 0.15) is 25.7 Å². The van der Waals surface area contributed by atoms with Gasteiger partial charge in [-0.15, -0.1) is 0 Å². The summed E-state index contributed by atoms with van der Waals surface area (Å²) in [5, 5.41) is 3.41. The molecule has 0 N–H and O–H groups in total. The molecule has 0 unspecified atom stereocenters. The first kappa shape index (κ1) is 12.5. The molecule has 78 valence electrons. The Balaban J connectivity index is 3.09. The van der Waals surface area contributed by atoms with Crippen LogP contribution in [0.4, 0.5) is 0 Å². The lowest BCUT2D eigenvalue weighted by molar-refractivity contribution is -0.137. The lowest BCUT2D eigenvalue weighted by Crippen LogP contribution is -2.01. The molecule has 0 rings (SSSR count). The van der Waals surface area contributed by atoms with E-state index in [2.05, 4.69) is 16.6 Å². The van der Waals surface area contributed by atoms with Crippen molar-refractivity contribution in [2.45, 2.75) is 25.7 Å². The summed E-state index contributed by atoms with van der Waals surface area (Å²) in [4.78, 5) is 13.2. The Kier molecular flexibility index (Phi) is 8.59. The van der Waals surface area contributed by atoms with Crippen molar-refractivity contribution in [1.29, 1.82) is 0 Å². The molecule has 14 heavy (non-hydrogen) atoms. The van der Waals surface area contributed by atoms with Crippen molar-refractivity contribution in [2.75, 3.05) is 13.2 Å². The Morgan fingerprint density at radius 3 is 2.79 bits per heavy atom. The van der Waals surface area contributed by atoms with Crippen LogP contribution in [0, 0.1) is 0 Å². The molecular formula is C9H15N3O2. The molecule has 0 aromatic rings. The maximum absolute atomic E-state index is 10.6. The molecule has 0 aromatic carbocycles. The van der Waals surface area contributed by atoms with E-state index < -0.39 is 0 Å². The van der Waals surface area contributed by atoms with Gasteiger partial charge in [-0.1, -0.05) is 24.5 Å². The zero-order valence-electron chi connectivity index (χ0n) is 8.19. The van der Waals surface area contributed by atoms with Crippen LogP contribution < -0.4 is 0 Å². The second-order valence-electron chi connectivity index (χ2n) is 2.74. The van der Waals surface area contributed by atoms with Crippen molar-refractivity contribution in [3.05, 3.63) is 23.1 Å². The molecule has 0 spiro atoms. The van der Waals surface area contributed by atoms with Crippen molar-refractivity contribution < 1.29 is 9.53 Å². The van der Waals surface area contributed by atoms with Crippen LogP contribution >= 0.6 is 0 Å². The highest BCUT2D eigenvalue weighted by atomic mass is 16.5. The highest BCUT2D eigenvalue weighted by Crippen LogP contribution is 2.00. The predicted molar refractivity (Wildman–Crippen MR) is 53.6 cm³/mol. The first-order valence-corrected chi connectivity index (χ1v) is 4.61. The molecule has 0 amide bonds. The van der Waals surface area contributed by atoms with Gasteiger partial charge in [0, 0.05) is 17.5 Å². The fourth-order valence-electron chi connectivity index (χ4n) is 0.915. The number of ether oxygens (including phenoxy) is 1. The van der Waals surface area contributed by atoms with E-state index in [4.69, 9.17) is 10.3 Å². The molecule has 0 heterocycles. The summed E-state index contributed by atoms with van der Waals surface area (Å²) in [6, 6.07) is 0. The van der Waals surface area contributed by atoms with Crippen LogP contribution in [0.2, 0.25) is 0 Å². The lowest BCUT2D eigenvalue weighted by Gasteiger charge is -2.00. The van der Waals surface area contributed by atoms with E-state index in [1.54, 1.807) is 0 Å². The molecule has 0 fully saturated rings. The standard InChI is InChI=1S/C9H15N3O2/c1-2-9(13)14-8-6-4-3-5-7-11-12-10/h2H,1,3-8H2. The average Bonchev–Trinajstić information content (AvgIpc) is 2.21. The lowest BCUT2D eigenvalue weighted by atomic mass is 10.2. The molecule has 0 aliphatic rings. The van der Waals surface area contributed by atoms with Gasteiger partial charge < -0.3 is 4.74 Å². The summed E-state index contributed by atoms with van der Waals surface area (Å²) in [6.07, 6.45) is 4.85. The predicted octanol–water partition coefficient (Wildman–Crippen LogP) is 2.59. The van der Waals surface area contributed by atoms with Gasteiger partial charge in [-0.2, -0.15) is 0 Å². The quantitative estimate of drug-likeness (QED) is 0.150. The highest BCUT2D eigenvalue weighted by molar-refractivity contribution is 5.81. The smallest absolute Gasteiger partial charge is 0.330 e. The van der Waals surface area contributed by atoms with Gasteiger partial charge in [0.25, 0.3) is 0 Å². The third kappa shape index (κ3) is 8.62. The molecule has 0 aromatic heterocycles. The van der Waals surface area contributed by atoms with E-state index in [-0.39, 0.29) is 5.97 Å². The van der Waals surface area contributed by atoms with E-state index in [1.165, 1.54) is 0 Å². The molecule has 0 aliphatic heterocycles. The molecule has 0 saturated heterocycles. The van der Waals surface area contributed by atoms with Crippen LogP contribution in [-0.2, 0) is 9.53 Å². The van der Waals surface area contributed by atoms with Gasteiger partial charge in [-0.25, -0.2) is 4.79 Å². The van der Waals surface area contributed by atoms with Crippen LogP contribution in [0.15, 0.2) is 17.8 Å². The largest absolute Gasteiger partial charge is 0.463 e. The molecular weight excluding hydrogens is 182 g/mol. The minimum absolute atomic E-state index is 0.376. The molecule has 0 radical (unpaired) electrons. The molecule has 0 saturated carbocycles. The summed E-state index contributed by atoms with van der Waals surface area (Å²) in [5.74, 6) is -0.376. The monoisotopic (exact) mass is 197 g/mol. The average molecular weight is 197 g/mol. The SMILES string of the molecule is C=CC(=O)OCCCCCCN=[N+]=[N-]. The van der Waals surface area contributed by atoms with Gasteiger partial charge in [-0.05, 0) is 18.4 Å². The fraction of sp³-hybridized carbons (Fsp3) is 0.667. The second kappa shape index (κ2) is 9.61. The van der Waals surface area contributed by atoms with Gasteiger partial charge in [-0.3, -0.25) is 0 Å². The van der Waals surface area contributed by atoms with Crippen molar-refractivity contribution in [1.82, 2.24) is 0 Å². The first-order valence-electron chi connectivity index (χ1n) is 4.61. The van der Waals surface area contributed by atoms with Crippen LogP contribution in [0.25, 0.3) is 10.4 Å². The number of hydrogen-bond acceptors (Lipinski definition) is 3. The molecule has 0 atom stereocenters. The molecule has 0 bridgehead atoms. The summed E-state index contributed by atoms with van der Waals surface area (Å²) in [6.45, 7) is 4.27. The number of carbonyl (C=O) groups excluding carboxylic acids is 1. The number of nitrogens with zero attached hydrogens (tertiary/aromatic N) is 3. The zero-order chi connectivity index (χ0) is 10.6. The number of carbonyl (C=O) groups is 1. The molecule has 5 nitrogen and oxygen atoms in total. The summed E-state index contributed by atoms with van der Waals surface area (Å²) in [7, 11) is 0. The number of esters is 1. The Morgan fingerprint density at radius 2 is 2.14 bits per heavy atom. The summed E-state index contributed by atoms with van der Waals surface area (Å²) in [5.41, 5.74) is 7.99. The van der Waals surface area contributed by atoms with E-state index in [1.807, 2.05) is 0 Å². The number of unbranched alkanes of at least 4 members (excludes halogenated alkanes) is 3. The number of rotatable bonds is 8. The Morgan fingerprint density at radius 1 is 1.43 bits per heavy atom. The van der Waals surface area contributed by atoms with Crippen molar-refractivity contribution in [2.24, 2.45) is 5.11 Å². The Bertz CT molecular complexity index is 222. The molecule has 5 heteroatoms. The van der Waals surface area contributed by atoms with Crippen molar-refractivity contribution in [3.63, 3.8) is 0 Å². The Labute approximate surface area is 83.4 Å². The van der Waals surface area contributed by atoms with Gasteiger partial charge in [0.05, 0.1) is 6.61 Å². The van der Waals surface area contributed by atoms with E-state index >= 15 is 0 Å². The normalized spacial score (nSPS) is 8.86. The second-order valence-corrected chi connectivity index (χ2v) is 2.74. The summed E-state index contributed by atoms with van der Waals surface area (Å²) < 4.78 is 4.78. The van der Waals surface area contributed by atoms with E-state index in [9.17, 15) is 4.79 Å². The van der Waals surface area contributed by atoms with Crippen LogP contribution in [-0.4, -0.2) is 19.1 Å². The first-order chi connectivity index (χ1) is 6.81. The van der Waals surface area contributed by atoms with Gasteiger partial charge in [0.1, 0.15) is 0 Å². The maximum Gasteiger partial charge on any atom is 0.330 e. The highest BCUT2D eigenvalue weighted by Gasteiger charge is 1.94. The van der Waals surface area contributed by atoms with Crippen LogP contribution in [0.3, 0.4) is 0 Å². The van der Waals surface area contributed by atoms with Crippen molar-refractivity contribution in [3.8, 4) is 0 Å². The minimum atomic E-state index is -0.376. The van der Waals surface area contributed by atoms with Gasteiger partial charge in [0.2, 0.25) is 0 Å². The molecule has 0 aliphatic carbocycles. The third-order valence-corrected chi connectivity index (χ3v) is 1.63. The fourth-order valence-corrected chi connectivity index (χ4v) is 0.915. The van der Waals surface area contributed by atoms with Crippen LogP contribution in [0.5, 0.6) is 0 Å². The Hall–Kier alpha value is -1.48. The number of azide groups is 1. The zero-order valence-corrected chi connectivity index (χ0v) is 8.19. The summed E-state index contributed by atoms with van der Waals surface area (Å²) >= 11 is 0. The third-order valence-electron chi connectivity index (χ3n) is 1.63. The van der Waals surface area contributed by atoms with Gasteiger partial charge >= 0.3 is 5.97 Å². The van der Waals surface area contributed by atoms with E-state index in [0.29, 0.717) is 13.2 Å². The van der Waals surface area contributed by atoms with E-state index in [0.717, 1.165) is 31.8 Å². The minimum Gasteiger partial charge on any atom is -0.463 e. The van der Waals surface area contributed by atoms with Gasteiger partial charge in [0.15, 0.2) is 0 Å². The van der Waals surface area contributed by atoms with Crippen molar-refractivity contribution >= 4 is 5.97 Å². The topological polar surface area (TPSA) is 75.1 Å². The maximum atomic E-state index is 10.6.